The Morgan fingerprint density at radius 2 is 1.75 bits per heavy atom. The zero-order valence-electron chi connectivity index (χ0n) is 21.8. The van der Waals surface area contributed by atoms with Crippen LogP contribution in [-0.4, -0.2) is 46.4 Å². The number of aryl methyl sites for hydroxylation is 3. The molecular weight excluding hydrogens is 472 g/mol. The fraction of sp³-hybridized carbons (Fsp3) is 0.464. The van der Waals surface area contributed by atoms with Crippen LogP contribution in [0.4, 0.5) is 5.82 Å². The molecule has 3 heterocycles. The zero-order chi connectivity index (χ0) is 25.8. The molecule has 36 heavy (non-hydrogen) atoms. The molecule has 190 valence electrons. The van der Waals surface area contributed by atoms with Crippen molar-refractivity contribution in [1.82, 2.24) is 15.0 Å². The van der Waals surface area contributed by atoms with Crippen molar-refractivity contribution < 1.29 is 14.3 Å². The van der Waals surface area contributed by atoms with Crippen LogP contribution in [0.25, 0.3) is 11.3 Å². The summed E-state index contributed by atoms with van der Waals surface area (Å²) in [5.74, 6) is 0.463. The molecule has 0 bridgehead atoms. The number of anilines is 1. The van der Waals surface area contributed by atoms with Gasteiger partial charge in [-0.25, -0.2) is 15.0 Å². The van der Waals surface area contributed by atoms with Crippen LogP contribution in [0.5, 0.6) is 0 Å². The standard InChI is InChI=1S/C28H34N4O3S/c1-6-24-27(21-12-17(3)19(5)18(4)13-21)31-26(36-24)14-23(33)22-15-30-25(16-29-22)32-10-8-20(9-11-32)28(34)35-7-2/h12-13,15-16,20H,6-11,14H2,1-5H3. The van der Waals surface area contributed by atoms with E-state index in [-0.39, 0.29) is 24.1 Å². The van der Waals surface area contributed by atoms with E-state index in [1.54, 1.807) is 23.7 Å². The van der Waals surface area contributed by atoms with Gasteiger partial charge in [0.1, 0.15) is 16.5 Å². The Hall–Kier alpha value is -3.13. The highest BCUT2D eigenvalue weighted by Crippen LogP contribution is 2.32. The van der Waals surface area contributed by atoms with E-state index in [1.165, 1.54) is 21.6 Å². The number of hydrogen-bond donors (Lipinski definition) is 0. The van der Waals surface area contributed by atoms with Gasteiger partial charge in [-0.2, -0.15) is 0 Å². The number of esters is 1. The zero-order valence-corrected chi connectivity index (χ0v) is 22.6. The number of piperidine rings is 1. The number of rotatable bonds is 8. The second-order valence-electron chi connectivity index (χ2n) is 9.34. The molecule has 8 heteroatoms. The van der Waals surface area contributed by atoms with Crippen molar-refractivity contribution in [3.8, 4) is 11.3 Å². The van der Waals surface area contributed by atoms with Gasteiger partial charge in [0, 0.05) is 23.5 Å². The van der Waals surface area contributed by atoms with Gasteiger partial charge in [-0.05, 0) is 75.8 Å². The first kappa shape index (κ1) is 25.9. The number of ketones is 1. The van der Waals surface area contributed by atoms with Crippen LogP contribution in [0.3, 0.4) is 0 Å². The maximum absolute atomic E-state index is 13.0. The molecule has 4 rings (SSSR count). The molecule has 1 aliphatic rings. The lowest BCUT2D eigenvalue weighted by atomic mass is 9.97. The first-order valence-corrected chi connectivity index (χ1v) is 13.5. The maximum Gasteiger partial charge on any atom is 0.309 e. The third kappa shape index (κ3) is 5.64. The normalized spacial score (nSPS) is 14.2. The molecule has 0 atom stereocenters. The Labute approximate surface area is 217 Å². The lowest BCUT2D eigenvalue weighted by Gasteiger charge is -2.31. The number of thiazole rings is 1. The molecule has 0 saturated carbocycles. The van der Waals surface area contributed by atoms with Crippen LogP contribution in [0.15, 0.2) is 24.5 Å². The summed E-state index contributed by atoms with van der Waals surface area (Å²) in [4.78, 5) is 42.0. The van der Waals surface area contributed by atoms with E-state index in [0.29, 0.717) is 25.4 Å². The summed E-state index contributed by atoms with van der Waals surface area (Å²) in [5.41, 5.74) is 6.23. The summed E-state index contributed by atoms with van der Waals surface area (Å²) >= 11 is 1.60. The van der Waals surface area contributed by atoms with E-state index < -0.39 is 0 Å². The van der Waals surface area contributed by atoms with Gasteiger partial charge in [0.15, 0.2) is 5.78 Å². The quantitative estimate of drug-likeness (QED) is 0.303. The number of aromatic nitrogens is 3. The fourth-order valence-corrected chi connectivity index (χ4v) is 5.60. The number of Topliss-reactive ketones (excluding diaryl/α,β-unsaturated/α-hetero) is 1. The SMILES string of the molecule is CCOC(=O)C1CCN(c2cnc(C(=O)Cc3nc(-c4cc(C)c(C)c(C)c4)c(CC)s3)cn2)CC1. The van der Waals surface area contributed by atoms with Gasteiger partial charge < -0.3 is 9.64 Å². The number of hydrogen-bond acceptors (Lipinski definition) is 8. The van der Waals surface area contributed by atoms with Crippen LogP contribution < -0.4 is 4.90 Å². The van der Waals surface area contributed by atoms with Crippen LogP contribution in [-0.2, 0) is 22.4 Å². The topological polar surface area (TPSA) is 85.3 Å². The minimum atomic E-state index is -0.117. The third-order valence-corrected chi connectivity index (χ3v) is 8.14. The van der Waals surface area contributed by atoms with E-state index in [9.17, 15) is 9.59 Å². The summed E-state index contributed by atoms with van der Waals surface area (Å²) in [6.07, 6.45) is 5.74. The Bertz CT molecular complexity index is 1220. The van der Waals surface area contributed by atoms with Gasteiger partial charge in [0.2, 0.25) is 0 Å². The van der Waals surface area contributed by atoms with Gasteiger partial charge >= 0.3 is 5.97 Å². The van der Waals surface area contributed by atoms with E-state index in [4.69, 9.17) is 9.72 Å². The molecule has 0 N–H and O–H groups in total. The first-order valence-electron chi connectivity index (χ1n) is 12.6. The van der Waals surface area contributed by atoms with Crippen molar-refractivity contribution in [2.75, 3.05) is 24.6 Å². The summed E-state index contributed by atoms with van der Waals surface area (Å²) in [5, 5.41) is 0.801. The van der Waals surface area contributed by atoms with Crippen LogP contribution in [0.1, 0.15) is 63.8 Å². The number of nitrogens with zero attached hydrogens (tertiary/aromatic N) is 4. The molecule has 0 spiro atoms. The smallest absolute Gasteiger partial charge is 0.309 e. The van der Waals surface area contributed by atoms with Gasteiger partial charge in [0.05, 0.1) is 37.0 Å². The van der Waals surface area contributed by atoms with E-state index in [1.807, 2.05) is 6.92 Å². The largest absolute Gasteiger partial charge is 0.466 e. The number of benzene rings is 1. The average Bonchev–Trinajstić information content (AvgIpc) is 3.30. The van der Waals surface area contributed by atoms with E-state index in [2.05, 4.69) is 54.7 Å². The van der Waals surface area contributed by atoms with Gasteiger partial charge in [-0.15, -0.1) is 11.3 Å². The van der Waals surface area contributed by atoms with Crippen LogP contribution in [0, 0.1) is 26.7 Å². The Morgan fingerprint density at radius 1 is 1.06 bits per heavy atom. The highest BCUT2D eigenvalue weighted by Gasteiger charge is 2.27. The predicted molar refractivity (Wildman–Crippen MR) is 143 cm³/mol. The molecule has 3 aromatic rings. The summed E-state index contributed by atoms with van der Waals surface area (Å²) in [6, 6.07) is 4.36. The second kappa shape index (κ2) is 11.3. The summed E-state index contributed by atoms with van der Waals surface area (Å²) in [7, 11) is 0. The summed E-state index contributed by atoms with van der Waals surface area (Å²) in [6.45, 7) is 12.2. The average molecular weight is 507 g/mol. The second-order valence-corrected chi connectivity index (χ2v) is 10.5. The van der Waals surface area contributed by atoms with Crippen molar-refractivity contribution in [2.24, 2.45) is 5.92 Å². The third-order valence-electron chi connectivity index (χ3n) is 6.94. The maximum atomic E-state index is 13.0. The minimum Gasteiger partial charge on any atom is -0.466 e. The molecule has 1 aromatic carbocycles. The number of carbonyl (C=O) groups is 2. The molecule has 2 aromatic heterocycles. The van der Waals surface area contributed by atoms with Gasteiger partial charge in [-0.3, -0.25) is 9.59 Å². The molecule has 1 aliphatic heterocycles. The fourth-order valence-electron chi connectivity index (χ4n) is 4.57. The van der Waals surface area contributed by atoms with Gasteiger partial charge in [0.25, 0.3) is 0 Å². The molecule has 7 nitrogen and oxygen atoms in total. The molecule has 1 fully saturated rings. The molecular formula is C28H34N4O3S. The lowest BCUT2D eigenvalue weighted by molar-refractivity contribution is -0.148. The van der Waals surface area contributed by atoms with Crippen LogP contribution >= 0.6 is 11.3 Å². The van der Waals surface area contributed by atoms with E-state index in [0.717, 1.165) is 41.3 Å². The molecule has 0 radical (unpaired) electrons. The highest BCUT2D eigenvalue weighted by atomic mass is 32.1. The molecule has 0 amide bonds. The molecule has 0 unspecified atom stereocenters. The monoisotopic (exact) mass is 506 g/mol. The Balaban J connectivity index is 1.42. The van der Waals surface area contributed by atoms with Crippen molar-refractivity contribution in [1.29, 1.82) is 0 Å². The Morgan fingerprint density at radius 3 is 2.33 bits per heavy atom. The van der Waals surface area contributed by atoms with Gasteiger partial charge in [-0.1, -0.05) is 6.92 Å². The first-order chi connectivity index (χ1) is 17.3. The van der Waals surface area contributed by atoms with Crippen molar-refractivity contribution in [3.63, 3.8) is 0 Å². The van der Waals surface area contributed by atoms with Crippen LogP contribution in [0.2, 0.25) is 0 Å². The number of carbonyl (C=O) groups excluding carboxylic acids is 2. The number of ether oxygens (including phenoxy) is 1. The highest BCUT2D eigenvalue weighted by molar-refractivity contribution is 7.12. The molecule has 0 aliphatic carbocycles. The van der Waals surface area contributed by atoms with E-state index >= 15 is 0 Å². The van der Waals surface area contributed by atoms with Crippen molar-refractivity contribution in [3.05, 3.63) is 56.8 Å². The summed E-state index contributed by atoms with van der Waals surface area (Å²) < 4.78 is 5.14. The van der Waals surface area contributed by atoms with Crippen molar-refractivity contribution >= 4 is 28.9 Å². The predicted octanol–water partition coefficient (Wildman–Crippen LogP) is 5.29. The lowest BCUT2D eigenvalue weighted by Crippen LogP contribution is -2.37. The molecule has 1 saturated heterocycles. The minimum absolute atomic E-state index is 0.0565. The van der Waals surface area contributed by atoms with Crippen molar-refractivity contribution in [2.45, 2.75) is 60.3 Å². The Kier molecular flexibility index (Phi) is 8.14.